The fourth-order valence-corrected chi connectivity index (χ4v) is 1.42. The van der Waals surface area contributed by atoms with Crippen LogP contribution in [-0.2, 0) is 9.53 Å². The molecule has 0 spiro atoms. The number of nitrogens with zero attached hydrogens (tertiary/aromatic N) is 1. The highest BCUT2D eigenvalue weighted by Gasteiger charge is 2.13. The Kier molecular flexibility index (Phi) is 10.8. The van der Waals surface area contributed by atoms with E-state index in [1.165, 1.54) is 25.5 Å². The van der Waals surface area contributed by atoms with E-state index in [1.807, 2.05) is 0 Å². The molecule has 0 amide bonds. The van der Waals surface area contributed by atoms with E-state index in [2.05, 4.69) is 27.6 Å². The van der Waals surface area contributed by atoms with Gasteiger partial charge < -0.3 is 21.6 Å². The first-order chi connectivity index (χ1) is 7.02. The molecule has 0 saturated heterocycles. The molecule has 0 atom stereocenters. The molecule has 0 saturated carbocycles. The summed E-state index contributed by atoms with van der Waals surface area (Å²) in [6, 6.07) is 0. The Balaban J connectivity index is 0. The quantitative estimate of drug-likeness (QED) is 0.238. The molecule has 0 heterocycles. The van der Waals surface area contributed by atoms with Crippen LogP contribution in [0.15, 0.2) is 12.7 Å². The Bertz CT molecular complexity index is 205. The van der Waals surface area contributed by atoms with Crippen LogP contribution in [0.1, 0.15) is 26.2 Å². The minimum absolute atomic E-state index is 0. The second-order valence-corrected chi connectivity index (χ2v) is 4.46. The van der Waals surface area contributed by atoms with E-state index in [9.17, 15) is 4.79 Å². The van der Waals surface area contributed by atoms with Crippen molar-refractivity contribution >= 4 is 5.97 Å². The summed E-state index contributed by atoms with van der Waals surface area (Å²) >= 11 is 0. The number of ether oxygens (including phenoxy) is 1. The van der Waals surface area contributed by atoms with Crippen molar-refractivity contribution in [1.29, 1.82) is 0 Å². The molecule has 0 radical (unpaired) electrons. The fourth-order valence-electron chi connectivity index (χ4n) is 1.42. The van der Waals surface area contributed by atoms with Gasteiger partial charge in [0.25, 0.3) is 0 Å². The Morgan fingerprint density at radius 1 is 1.31 bits per heavy atom. The molecule has 96 valence electrons. The fraction of sp³-hybridized carbons (Fsp3) is 0.750. The number of esters is 1. The van der Waals surface area contributed by atoms with Gasteiger partial charge in [0.15, 0.2) is 0 Å². The van der Waals surface area contributed by atoms with Gasteiger partial charge in [0, 0.05) is 12.5 Å². The molecule has 4 heteroatoms. The number of carbonyl (C=O) groups is 1. The van der Waals surface area contributed by atoms with Crippen LogP contribution in [0.5, 0.6) is 0 Å². The van der Waals surface area contributed by atoms with Crippen molar-refractivity contribution in [3.05, 3.63) is 12.7 Å². The number of carbonyl (C=O) groups excluding carboxylic acids is 1. The average Bonchev–Trinajstić information content (AvgIpc) is 2.21. The summed E-state index contributed by atoms with van der Waals surface area (Å²) in [7, 11) is 4.43. The number of hydrogen-bond acceptors (Lipinski definition) is 2. The molecule has 0 aliphatic carbocycles. The van der Waals surface area contributed by atoms with Gasteiger partial charge in [-0.25, -0.2) is 4.79 Å². The summed E-state index contributed by atoms with van der Waals surface area (Å²) in [4.78, 5) is 10.8. The van der Waals surface area contributed by atoms with E-state index in [-0.39, 0.29) is 18.4 Å². The predicted molar refractivity (Wildman–Crippen MR) is 62.5 cm³/mol. The van der Waals surface area contributed by atoms with Crippen LogP contribution in [0, 0.1) is 0 Å². The van der Waals surface area contributed by atoms with Gasteiger partial charge in [0.2, 0.25) is 0 Å². The average molecular weight is 250 g/mol. The van der Waals surface area contributed by atoms with Crippen molar-refractivity contribution in [1.82, 2.24) is 0 Å². The number of hydrogen-bond donors (Lipinski definition) is 0. The summed E-state index contributed by atoms with van der Waals surface area (Å²) in [5.41, 5.74) is 0. The Hall–Kier alpha value is -0.540. The van der Waals surface area contributed by atoms with Crippen LogP contribution in [0.4, 0.5) is 0 Å². The Morgan fingerprint density at radius 3 is 2.38 bits per heavy atom. The third kappa shape index (κ3) is 9.99. The van der Waals surface area contributed by atoms with Crippen molar-refractivity contribution in [3.63, 3.8) is 0 Å². The lowest BCUT2D eigenvalue weighted by atomic mass is 10.3. The lowest BCUT2D eigenvalue weighted by Crippen LogP contribution is -3.00. The molecular formula is C12H24ClNO2. The maximum absolute atomic E-state index is 10.8. The van der Waals surface area contributed by atoms with E-state index in [0.717, 1.165) is 17.4 Å². The zero-order valence-corrected chi connectivity index (χ0v) is 11.4. The maximum atomic E-state index is 10.8. The smallest absolute Gasteiger partial charge is 0.330 e. The van der Waals surface area contributed by atoms with E-state index < -0.39 is 0 Å². The monoisotopic (exact) mass is 249 g/mol. The first kappa shape index (κ1) is 17.8. The van der Waals surface area contributed by atoms with Crippen LogP contribution in [-0.4, -0.2) is 44.2 Å². The van der Waals surface area contributed by atoms with E-state index in [0.29, 0.717) is 6.61 Å². The molecule has 0 fully saturated rings. The summed E-state index contributed by atoms with van der Waals surface area (Å²) in [5.74, 6) is -0.325. The Labute approximate surface area is 105 Å². The molecule has 0 unspecified atom stereocenters. The van der Waals surface area contributed by atoms with Crippen molar-refractivity contribution in [2.45, 2.75) is 26.2 Å². The topological polar surface area (TPSA) is 26.3 Å². The summed E-state index contributed by atoms with van der Waals surface area (Å²) in [6.07, 6.45) is 4.60. The van der Waals surface area contributed by atoms with Crippen LogP contribution >= 0.6 is 0 Å². The molecule has 0 aromatic heterocycles. The van der Waals surface area contributed by atoms with Gasteiger partial charge in [0.1, 0.15) is 0 Å². The number of rotatable bonds is 8. The van der Waals surface area contributed by atoms with E-state index in [4.69, 9.17) is 4.74 Å². The second kappa shape index (κ2) is 9.67. The van der Waals surface area contributed by atoms with Crippen molar-refractivity contribution in [2.24, 2.45) is 0 Å². The van der Waals surface area contributed by atoms with Gasteiger partial charge in [-0.1, -0.05) is 19.9 Å². The summed E-state index contributed by atoms with van der Waals surface area (Å²) in [5, 5.41) is 0. The lowest BCUT2D eigenvalue weighted by molar-refractivity contribution is -0.890. The van der Waals surface area contributed by atoms with Crippen molar-refractivity contribution in [2.75, 3.05) is 33.8 Å². The van der Waals surface area contributed by atoms with Crippen molar-refractivity contribution in [3.8, 4) is 0 Å². The van der Waals surface area contributed by atoms with Crippen LogP contribution in [0.3, 0.4) is 0 Å². The molecule has 0 aliphatic rings. The van der Waals surface area contributed by atoms with E-state index >= 15 is 0 Å². The predicted octanol–water partition coefficient (Wildman–Crippen LogP) is -1.01. The zero-order valence-electron chi connectivity index (χ0n) is 10.7. The largest absolute Gasteiger partial charge is 1.00 e. The highest BCUT2D eigenvalue weighted by molar-refractivity contribution is 5.81. The second-order valence-electron chi connectivity index (χ2n) is 4.46. The van der Waals surface area contributed by atoms with E-state index in [1.54, 1.807) is 0 Å². The Morgan fingerprint density at radius 2 is 1.88 bits per heavy atom. The van der Waals surface area contributed by atoms with Gasteiger partial charge in [-0.3, -0.25) is 0 Å². The molecule has 0 N–H and O–H groups in total. The normalized spacial score (nSPS) is 10.4. The third-order valence-corrected chi connectivity index (χ3v) is 2.44. The summed E-state index contributed by atoms with van der Waals surface area (Å²) < 4.78 is 5.92. The van der Waals surface area contributed by atoms with Crippen LogP contribution in [0.25, 0.3) is 0 Å². The maximum Gasteiger partial charge on any atom is 0.330 e. The first-order valence-electron chi connectivity index (χ1n) is 5.63. The molecule has 0 bridgehead atoms. The minimum atomic E-state index is -0.325. The SMILES string of the molecule is C=CC(=O)OCCC[N+](C)(C)CCCC.[Cl-]. The molecule has 0 aromatic rings. The van der Waals surface area contributed by atoms with Gasteiger partial charge in [-0.2, -0.15) is 0 Å². The van der Waals surface area contributed by atoms with Crippen LogP contribution in [0.2, 0.25) is 0 Å². The minimum Gasteiger partial charge on any atom is -1.00 e. The molecule has 0 rings (SSSR count). The number of quaternary nitrogens is 1. The molecule has 0 aromatic carbocycles. The number of halogens is 1. The third-order valence-electron chi connectivity index (χ3n) is 2.44. The highest BCUT2D eigenvalue weighted by atomic mass is 35.5. The van der Waals surface area contributed by atoms with Gasteiger partial charge in [-0.05, 0) is 6.42 Å². The molecule has 0 aliphatic heterocycles. The first-order valence-corrected chi connectivity index (χ1v) is 5.63. The zero-order chi connectivity index (χ0) is 11.7. The van der Waals surface area contributed by atoms with Gasteiger partial charge in [-0.15, -0.1) is 0 Å². The molecular weight excluding hydrogens is 226 g/mol. The van der Waals surface area contributed by atoms with Gasteiger partial charge in [0.05, 0.1) is 33.8 Å². The standard InChI is InChI=1S/C12H24NO2.ClH/c1-5-7-9-13(3,4)10-8-11-15-12(14)6-2;/h6H,2,5,7-11H2,1,3-4H3;1H/q+1;/p-1. The molecule has 3 nitrogen and oxygen atoms in total. The van der Waals surface area contributed by atoms with Crippen LogP contribution < -0.4 is 12.4 Å². The number of unbranched alkanes of at least 4 members (excludes halogenated alkanes) is 1. The van der Waals surface area contributed by atoms with Gasteiger partial charge >= 0.3 is 5.97 Å². The summed E-state index contributed by atoms with van der Waals surface area (Å²) in [6.45, 7) is 8.28. The lowest BCUT2D eigenvalue weighted by Gasteiger charge is -2.29. The molecule has 16 heavy (non-hydrogen) atoms. The highest BCUT2D eigenvalue weighted by Crippen LogP contribution is 2.03. The van der Waals surface area contributed by atoms with Crippen molar-refractivity contribution < 1.29 is 26.4 Å².